The Morgan fingerprint density at radius 2 is 1.72 bits per heavy atom. The molecule has 0 saturated carbocycles. The molecule has 5 heterocycles. The minimum absolute atomic E-state index is 0.00586. The van der Waals surface area contributed by atoms with Crippen molar-refractivity contribution in [2.75, 3.05) is 13.7 Å². The van der Waals surface area contributed by atoms with Gasteiger partial charge in [-0.1, -0.05) is 110 Å². The van der Waals surface area contributed by atoms with Crippen LogP contribution in [0.5, 0.6) is 5.75 Å². The number of benzene rings is 1. The first-order valence-corrected chi connectivity index (χ1v) is 29.0. The third-order valence-corrected chi connectivity index (χ3v) is 17.8. The Bertz CT molecular complexity index is 2380. The lowest BCUT2D eigenvalue weighted by Gasteiger charge is -2.56. The van der Waals surface area contributed by atoms with E-state index in [2.05, 4.69) is 28.3 Å². The van der Waals surface area contributed by atoms with Crippen molar-refractivity contribution < 1.29 is 63.3 Å². The van der Waals surface area contributed by atoms with Crippen LogP contribution in [0.15, 0.2) is 72.4 Å². The Balaban J connectivity index is 1.20. The highest BCUT2D eigenvalue weighted by Gasteiger charge is 2.57. The van der Waals surface area contributed by atoms with Gasteiger partial charge in [-0.2, -0.15) is 0 Å². The molecule has 6 rings (SSSR count). The monoisotopic (exact) mass is 1100 g/mol. The van der Waals surface area contributed by atoms with Crippen LogP contribution in [0.1, 0.15) is 139 Å². The van der Waals surface area contributed by atoms with E-state index in [0.29, 0.717) is 56.9 Å². The number of hydrogen-bond donors (Lipinski definition) is 8. The molecule has 18 nitrogen and oxygen atoms in total. The molecule has 4 fully saturated rings. The molecule has 0 aromatic heterocycles. The Morgan fingerprint density at radius 3 is 2.42 bits per heavy atom. The highest BCUT2D eigenvalue weighted by Crippen LogP contribution is 2.46. The first kappa shape index (κ1) is 63.2. The second kappa shape index (κ2) is 28.2. The molecule has 18 heteroatoms. The highest BCUT2D eigenvalue weighted by atomic mass is 16.7. The summed E-state index contributed by atoms with van der Waals surface area (Å²) >= 11 is 0. The summed E-state index contributed by atoms with van der Waals surface area (Å²) in [4.78, 5) is 70.6. The molecule has 0 radical (unpaired) electrons. The first-order chi connectivity index (χ1) is 37.4. The van der Waals surface area contributed by atoms with Crippen molar-refractivity contribution in [2.45, 2.75) is 206 Å². The van der Waals surface area contributed by atoms with E-state index in [1.54, 1.807) is 58.1 Å². The average Bonchev–Trinajstić information content (AvgIpc) is 3.55. The van der Waals surface area contributed by atoms with E-state index in [0.717, 1.165) is 12.0 Å². The number of esters is 1. The number of hydrogen-bond acceptors (Lipinski definition) is 14. The Hall–Kier alpha value is -4.95. The maximum atomic E-state index is 14.6. The normalized spacial score (nSPS) is 37.4. The summed E-state index contributed by atoms with van der Waals surface area (Å²) in [7, 11) is 1.53. The van der Waals surface area contributed by atoms with Gasteiger partial charge >= 0.3 is 5.97 Å². The average molecular weight is 1100 g/mol. The zero-order valence-corrected chi connectivity index (χ0v) is 48.6. The van der Waals surface area contributed by atoms with Crippen molar-refractivity contribution >= 4 is 29.6 Å². The lowest BCUT2D eigenvalue weighted by molar-refractivity contribution is -0.280. The number of carbonyl (C=O) groups excluding carboxylic acids is 5. The lowest BCUT2D eigenvalue weighted by atomic mass is 9.69. The maximum Gasteiger partial charge on any atom is 0.325 e. The summed E-state index contributed by atoms with van der Waals surface area (Å²) < 4.78 is 25.2. The van der Waals surface area contributed by atoms with Crippen LogP contribution in [0, 0.1) is 47.3 Å². The number of aliphatic hydroxyl groups excluding tert-OH is 3. The molecule has 0 aliphatic carbocycles. The van der Waals surface area contributed by atoms with Crippen molar-refractivity contribution in [3.8, 4) is 5.75 Å². The third kappa shape index (κ3) is 15.7. The molecule has 79 heavy (non-hydrogen) atoms. The van der Waals surface area contributed by atoms with Gasteiger partial charge in [0.25, 0.3) is 5.91 Å². The number of amides is 4. The highest BCUT2D eigenvalue weighted by molar-refractivity contribution is 5.93. The van der Waals surface area contributed by atoms with Gasteiger partial charge in [0.15, 0.2) is 5.79 Å². The van der Waals surface area contributed by atoms with E-state index in [-0.39, 0.29) is 60.6 Å². The van der Waals surface area contributed by atoms with Crippen LogP contribution in [0.3, 0.4) is 0 Å². The number of aliphatic hydroxyl groups is 3. The standard InChI is InChI=1S/C61H93N5O13/c1-12-43-31-38(6)61(64-55(43)71)41(9)53(70)40(8)51(78-61)34-49(69)36(4)21-15-13-16-22-37(5)50-27-18-14-17-26-48(68)39(7)54-45(28-29-60(10,76-11)79-54)56(72)63-52(35(2)3)57(73)62-47(33-42-23-19-24-44(67)32-42)58(74)66-30-20-25-46(65-66)59(75)77-50/h13-14,16-19,22-24,26,32,35-36,38-41,43,45-54,65,67-70H,12,15,20-21,25,27-31,33-34H2,1-11H3,(H,62,73)(H,63,72)(H,64,71)/b16-13+,18-14+,26-17+,37-22+/t36-,38-,39-,40-,41-,43-,45+,46-,47?,48-,49-,50?,51-,52-,53-,54+,60-,61+/m0/s1. The number of carbonyl (C=O) groups is 5. The number of ether oxygens (including phenoxy) is 4. The summed E-state index contributed by atoms with van der Waals surface area (Å²) in [5.74, 6) is -5.81. The number of cyclic esters (lactones) is 1. The molecule has 4 amide bonds. The summed E-state index contributed by atoms with van der Waals surface area (Å²) in [5.41, 5.74) is 3.39. The zero-order chi connectivity index (χ0) is 57.9. The van der Waals surface area contributed by atoms with Gasteiger partial charge in [-0.15, -0.1) is 0 Å². The minimum atomic E-state index is -1.17. The van der Waals surface area contributed by atoms with Crippen molar-refractivity contribution in [1.82, 2.24) is 26.4 Å². The van der Waals surface area contributed by atoms with Gasteiger partial charge < -0.3 is 55.3 Å². The molecule has 440 valence electrons. The number of hydrazine groups is 1. The first-order valence-electron chi connectivity index (χ1n) is 29.0. The number of phenols is 1. The summed E-state index contributed by atoms with van der Waals surface area (Å²) in [6.07, 6.45) is 13.0. The molecule has 18 atom stereocenters. The lowest BCUT2D eigenvalue weighted by Crippen LogP contribution is -2.71. The largest absolute Gasteiger partial charge is 0.508 e. The molecule has 8 N–H and O–H groups in total. The van der Waals surface area contributed by atoms with Gasteiger partial charge in [-0.05, 0) is 93.9 Å². The summed E-state index contributed by atoms with van der Waals surface area (Å²) in [6.45, 7) is 19.2. The molecular formula is C61H93N5O13. The van der Waals surface area contributed by atoms with Gasteiger partial charge in [-0.25, -0.2) is 5.43 Å². The molecule has 2 bridgehead atoms. The Morgan fingerprint density at radius 1 is 0.975 bits per heavy atom. The van der Waals surface area contributed by atoms with Gasteiger partial charge in [0.2, 0.25) is 17.7 Å². The second-order valence-electron chi connectivity index (χ2n) is 23.9. The quantitative estimate of drug-likeness (QED) is 0.0807. The van der Waals surface area contributed by atoms with Crippen molar-refractivity contribution in [2.24, 2.45) is 47.3 Å². The van der Waals surface area contributed by atoms with Gasteiger partial charge in [0.1, 0.15) is 35.7 Å². The van der Waals surface area contributed by atoms with Crippen molar-refractivity contribution in [1.29, 1.82) is 0 Å². The number of allylic oxidation sites excluding steroid dienone is 5. The number of piperidine rings is 1. The number of phenolic OH excluding ortho intramolecular Hbond substituents is 1. The van der Waals surface area contributed by atoms with Crippen LogP contribution in [-0.4, -0.2) is 135 Å². The van der Waals surface area contributed by atoms with Crippen LogP contribution in [-0.2, 0) is 49.3 Å². The molecule has 1 spiro atoms. The maximum absolute atomic E-state index is 14.6. The molecule has 1 aromatic carbocycles. The summed E-state index contributed by atoms with van der Waals surface area (Å²) in [6, 6.07) is 3.25. The number of rotatable bonds is 13. The fourth-order valence-electron chi connectivity index (χ4n) is 12.1. The van der Waals surface area contributed by atoms with Crippen LogP contribution in [0.2, 0.25) is 0 Å². The van der Waals surface area contributed by atoms with E-state index < -0.39 is 108 Å². The van der Waals surface area contributed by atoms with Crippen LogP contribution >= 0.6 is 0 Å². The Kier molecular flexibility index (Phi) is 22.5. The van der Waals surface area contributed by atoms with Gasteiger partial charge in [0.05, 0.1) is 36.4 Å². The molecule has 5 aliphatic heterocycles. The summed E-state index contributed by atoms with van der Waals surface area (Å²) in [5, 5.41) is 55.2. The zero-order valence-electron chi connectivity index (χ0n) is 48.6. The molecule has 2 unspecified atom stereocenters. The molecule has 1 aromatic rings. The number of nitrogens with one attached hydrogen (secondary N) is 4. The number of methoxy groups -OCH3 is 1. The predicted molar refractivity (Wildman–Crippen MR) is 299 cm³/mol. The smallest absolute Gasteiger partial charge is 0.325 e. The van der Waals surface area contributed by atoms with E-state index in [4.69, 9.17) is 18.9 Å². The van der Waals surface area contributed by atoms with E-state index in [9.17, 15) is 44.4 Å². The van der Waals surface area contributed by atoms with E-state index in [1.165, 1.54) is 24.3 Å². The molecule has 5 aliphatic rings. The van der Waals surface area contributed by atoms with Crippen LogP contribution in [0.4, 0.5) is 0 Å². The second-order valence-corrected chi connectivity index (χ2v) is 23.9. The topological polar surface area (TPSA) is 255 Å². The fourth-order valence-corrected chi connectivity index (χ4v) is 12.1. The van der Waals surface area contributed by atoms with E-state index >= 15 is 0 Å². The van der Waals surface area contributed by atoms with E-state index in [1.807, 2.05) is 58.9 Å². The minimum Gasteiger partial charge on any atom is -0.508 e. The molecular weight excluding hydrogens is 1010 g/mol. The van der Waals surface area contributed by atoms with Gasteiger partial charge in [0, 0.05) is 68.9 Å². The van der Waals surface area contributed by atoms with Crippen LogP contribution in [0.25, 0.3) is 0 Å². The van der Waals surface area contributed by atoms with Gasteiger partial charge in [-0.3, -0.25) is 29.0 Å². The number of aromatic hydroxyl groups is 1. The fraction of sp³-hybridized carbons (Fsp3) is 0.689. The van der Waals surface area contributed by atoms with Crippen LogP contribution < -0.4 is 21.4 Å². The predicted octanol–water partition coefficient (Wildman–Crippen LogP) is 6.22. The van der Waals surface area contributed by atoms with Crippen molar-refractivity contribution in [3.05, 3.63) is 77.9 Å². The number of nitrogens with zero attached hydrogens (tertiary/aromatic N) is 1. The third-order valence-electron chi connectivity index (χ3n) is 17.8. The molecule has 4 saturated heterocycles. The SMILES string of the molecule is CC[C@H]1C[C@H](C)[C@@]2(NC1=O)O[C@@H](C[C@H](O)[C@@H](C)CC/C=C/C=C(\C)C1C/C=C/C=C/[C@H](O)[C@H](C)[C@H]3O[C@](C)(OC)CC[C@H]3C(=O)N[C@@H](C(C)C)C(=O)NC(Cc3cccc(O)c3)C(=O)N3CCC[C@H](N3)C(=O)O1)[C@H](C)[C@H](O)[C@@H]2C. The number of fused-ring (bicyclic) bond motifs is 3. The Labute approximate surface area is 468 Å². The van der Waals surface area contributed by atoms with Crippen molar-refractivity contribution in [3.63, 3.8) is 0 Å².